The number of aromatic nitrogens is 1. The zero-order chi connectivity index (χ0) is 14.3. The zero-order valence-electron chi connectivity index (χ0n) is 9.92. The van der Waals surface area contributed by atoms with Crippen LogP contribution in [0.4, 0.5) is 5.69 Å². The van der Waals surface area contributed by atoms with E-state index in [0.29, 0.717) is 32.8 Å². The van der Waals surface area contributed by atoms with E-state index in [0.717, 1.165) is 4.88 Å². The maximum Gasteiger partial charge on any atom is 0.270 e. The zero-order valence-corrected chi connectivity index (χ0v) is 11.5. The summed E-state index contributed by atoms with van der Waals surface area (Å²) in [5, 5.41) is 11.4. The van der Waals surface area contributed by atoms with E-state index in [9.17, 15) is 14.9 Å². The predicted molar refractivity (Wildman–Crippen MR) is 78.7 cm³/mol. The Labute approximate surface area is 122 Å². The van der Waals surface area contributed by atoms with Gasteiger partial charge >= 0.3 is 0 Å². The van der Waals surface area contributed by atoms with Crippen LogP contribution in [-0.2, 0) is 0 Å². The van der Waals surface area contributed by atoms with Crippen molar-refractivity contribution in [1.82, 2.24) is 4.98 Å². The molecule has 1 N–H and O–H groups in total. The molecular formula is C13H7ClN2O3S. The average molecular weight is 307 g/mol. The first-order chi connectivity index (χ1) is 9.60. The summed E-state index contributed by atoms with van der Waals surface area (Å²) in [6.07, 6.45) is 0.700. The Morgan fingerprint density at radius 2 is 2.10 bits per heavy atom. The maximum absolute atomic E-state index is 11.3. The summed E-state index contributed by atoms with van der Waals surface area (Å²) in [7, 11) is 0. The third-order valence-corrected chi connectivity index (χ3v) is 4.22. The number of carbonyl (C=O) groups excluding carboxylic acids is 1. The van der Waals surface area contributed by atoms with Crippen LogP contribution in [0.3, 0.4) is 0 Å². The number of aldehydes is 1. The van der Waals surface area contributed by atoms with Gasteiger partial charge in [0.2, 0.25) is 0 Å². The van der Waals surface area contributed by atoms with E-state index in [1.54, 1.807) is 18.2 Å². The summed E-state index contributed by atoms with van der Waals surface area (Å²) < 4.78 is 0.612. The lowest BCUT2D eigenvalue weighted by atomic mass is 10.1. The van der Waals surface area contributed by atoms with Crippen LogP contribution in [0.2, 0.25) is 4.34 Å². The van der Waals surface area contributed by atoms with Gasteiger partial charge in [0, 0.05) is 28.6 Å². The van der Waals surface area contributed by atoms with Gasteiger partial charge in [-0.2, -0.15) is 0 Å². The molecule has 20 heavy (non-hydrogen) atoms. The highest BCUT2D eigenvalue weighted by molar-refractivity contribution is 7.19. The lowest BCUT2D eigenvalue weighted by Crippen LogP contribution is -1.87. The Bertz CT molecular complexity index is 837. The molecule has 1 aromatic carbocycles. The number of hydrogen-bond acceptors (Lipinski definition) is 4. The van der Waals surface area contributed by atoms with E-state index >= 15 is 0 Å². The molecule has 0 atom stereocenters. The van der Waals surface area contributed by atoms with Crippen LogP contribution in [0.5, 0.6) is 0 Å². The Balaban J connectivity index is 2.28. The van der Waals surface area contributed by atoms with Gasteiger partial charge in [-0.3, -0.25) is 14.9 Å². The monoisotopic (exact) mass is 306 g/mol. The van der Waals surface area contributed by atoms with Crippen molar-refractivity contribution in [3.8, 4) is 10.6 Å². The van der Waals surface area contributed by atoms with Gasteiger partial charge in [0.25, 0.3) is 5.69 Å². The molecule has 5 nitrogen and oxygen atoms in total. The molecule has 0 fully saturated rings. The molecule has 2 heterocycles. The van der Waals surface area contributed by atoms with Crippen molar-refractivity contribution < 1.29 is 9.72 Å². The van der Waals surface area contributed by atoms with Crippen LogP contribution in [0, 0.1) is 10.1 Å². The van der Waals surface area contributed by atoms with Crippen LogP contribution in [0.1, 0.15) is 10.4 Å². The number of nitro groups is 1. The summed E-state index contributed by atoms with van der Waals surface area (Å²) >= 11 is 7.24. The molecule has 0 saturated heterocycles. The van der Waals surface area contributed by atoms with Gasteiger partial charge in [-0.1, -0.05) is 11.6 Å². The number of thiophene rings is 1. The molecule has 0 bridgehead atoms. The van der Waals surface area contributed by atoms with Crippen molar-refractivity contribution in [2.75, 3.05) is 0 Å². The molecule has 0 aliphatic heterocycles. The molecule has 0 radical (unpaired) electrons. The van der Waals surface area contributed by atoms with Crippen molar-refractivity contribution >= 4 is 45.8 Å². The highest BCUT2D eigenvalue weighted by Crippen LogP contribution is 2.36. The number of nitro benzene ring substituents is 1. The molecule has 0 unspecified atom stereocenters. The summed E-state index contributed by atoms with van der Waals surface area (Å²) in [5.41, 5.74) is 1.67. The molecule has 2 aromatic heterocycles. The molecule has 100 valence electrons. The minimum absolute atomic E-state index is 0.0460. The number of benzene rings is 1. The lowest BCUT2D eigenvalue weighted by molar-refractivity contribution is -0.384. The number of fused-ring (bicyclic) bond motifs is 1. The molecule has 7 heteroatoms. The maximum atomic E-state index is 11.3. The SMILES string of the molecule is O=Cc1c(-c2ccc(Cl)s2)[nH]c2ccc([N+](=O)[O-])cc12. The predicted octanol–water partition coefficient (Wildman–Crippen LogP) is 4.27. The molecule has 3 aromatic rings. The van der Waals surface area contributed by atoms with Gasteiger partial charge < -0.3 is 4.98 Å². The number of non-ortho nitro benzene ring substituents is 1. The van der Waals surface area contributed by atoms with E-state index in [-0.39, 0.29) is 5.69 Å². The lowest BCUT2D eigenvalue weighted by Gasteiger charge is -1.94. The minimum atomic E-state index is -0.483. The van der Waals surface area contributed by atoms with E-state index in [4.69, 9.17) is 11.6 Å². The largest absolute Gasteiger partial charge is 0.353 e. The number of halogens is 1. The van der Waals surface area contributed by atoms with Crippen molar-refractivity contribution in [3.63, 3.8) is 0 Å². The summed E-state index contributed by atoms with van der Waals surface area (Å²) in [6, 6.07) is 7.94. The molecular weight excluding hydrogens is 300 g/mol. The Morgan fingerprint density at radius 1 is 1.30 bits per heavy atom. The second-order valence-electron chi connectivity index (χ2n) is 4.12. The molecule has 0 saturated carbocycles. The van der Waals surface area contributed by atoms with Crippen molar-refractivity contribution in [1.29, 1.82) is 0 Å². The van der Waals surface area contributed by atoms with E-state index < -0.39 is 4.92 Å². The standard InChI is InChI=1S/C13H7ClN2O3S/c14-12-4-3-11(20-12)13-9(6-17)8-5-7(16(18)19)1-2-10(8)15-13/h1-6,15H. The first-order valence-corrected chi connectivity index (χ1v) is 6.80. The highest BCUT2D eigenvalue weighted by atomic mass is 35.5. The fourth-order valence-corrected chi connectivity index (χ4v) is 3.14. The van der Waals surface area contributed by atoms with Gasteiger partial charge in [-0.15, -0.1) is 11.3 Å². The molecule has 0 spiro atoms. The van der Waals surface area contributed by atoms with Crippen LogP contribution < -0.4 is 0 Å². The fraction of sp³-hybridized carbons (Fsp3) is 0. The number of nitrogens with zero attached hydrogens (tertiary/aromatic N) is 1. The Morgan fingerprint density at radius 3 is 2.70 bits per heavy atom. The minimum Gasteiger partial charge on any atom is -0.353 e. The summed E-state index contributed by atoms with van der Waals surface area (Å²) in [4.78, 5) is 25.6. The molecule has 0 amide bonds. The number of H-pyrrole nitrogens is 1. The van der Waals surface area contributed by atoms with Crippen molar-refractivity contribution in [2.24, 2.45) is 0 Å². The van der Waals surface area contributed by atoms with Crippen LogP contribution in [-0.4, -0.2) is 16.2 Å². The van der Waals surface area contributed by atoms with Crippen LogP contribution in [0.15, 0.2) is 30.3 Å². The Kier molecular flexibility index (Phi) is 3.04. The first kappa shape index (κ1) is 12.8. The van der Waals surface area contributed by atoms with Gasteiger partial charge in [0.1, 0.15) is 0 Å². The number of nitrogens with one attached hydrogen (secondary N) is 1. The number of hydrogen-bond donors (Lipinski definition) is 1. The van der Waals surface area contributed by atoms with E-state index in [1.807, 2.05) is 0 Å². The number of rotatable bonds is 3. The topological polar surface area (TPSA) is 76.0 Å². The second-order valence-corrected chi connectivity index (χ2v) is 5.84. The Hall–Kier alpha value is -2.18. The smallest absolute Gasteiger partial charge is 0.270 e. The molecule has 3 rings (SSSR count). The fourth-order valence-electron chi connectivity index (χ4n) is 2.08. The van der Waals surface area contributed by atoms with E-state index in [1.165, 1.54) is 23.5 Å². The van der Waals surface area contributed by atoms with Crippen molar-refractivity contribution in [3.05, 3.63) is 50.3 Å². The van der Waals surface area contributed by atoms with Crippen LogP contribution >= 0.6 is 22.9 Å². The van der Waals surface area contributed by atoms with Crippen molar-refractivity contribution in [2.45, 2.75) is 0 Å². The van der Waals surface area contributed by atoms with Crippen LogP contribution in [0.25, 0.3) is 21.5 Å². The van der Waals surface area contributed by atoms with Gasteiger partial charge in [-0.05, 0) is 18.2 Å². The third-order valence-electron chi connectivity index (χ3n) is 2.97. The van der Waals surface area contributed by atoms with Gasteiger partial charge in [0.05, 0.1) is 19.8 Å². The van der Waals surface area contributed by atoms with E-state index in [2.05, 4.69) is 4.98 Å². The quantitative estimate of drug-likeness (QED) is 0.446. The molecule has 0 aliphatic carbocycles. The first-order valence-electron chi connectivity index (χ1n) is 5.61. The summed E-state index contributed by atoms with van der Waals surface area (Å²) in [6.45, 7) is 0. The number of aromatic amines is 1. The highest BCUT2D eigenvalue weighted by Gasteiger charge is 2.17. The molecule has 0 aliphatic rings. The second kappa shape index (κ2) is 4.73. The van der Waals surface area contributed by atoms with Gasteiger partial charge in [0.15, 0.2) is 6.29 Å². The average Bonchev–Trinajstić information content (AvgIpc) is 3.00. The number of carbonyl (C=O) groups is 1. The summed E-state index contributed by atoms with van der Waals surface area (Å²) in [5.74, 6) is 0. The van der Waals surface area contributed by atoms with Gasteiger partial charge in [-0.25, -0.2) is 0 Å². The normalized spacial score (nSPS) is 10.8. The third kappa shape index (κ3) is 1.99.